The predicted octanol–water partition coefficient (Wildman–Crippen LogP) is 2.94. The molecule has 7 atom stereocenters. The lowest BCUT2D eigenvalue weighted by Crippen LogP contribution is -2.45. The third kappa shape index (κ3) is 1.70. The van der Waals surface area contributed by atoms with Gasteiger partial charge >= 0.3 is 5.97 Å². The fraction of sp³-hybridized carbons (Fsp3) is 0.933. The predicted molar refractivity (Wildman–Crippen MR) is 68.2 cm³/mol. The molecule has 1 unspecified atom stereocenters. The van der Waals surface area contributed by atoms with E-state index in [9.17, 15) is 9.90 Å². The number of carboxylic acid groups (broad SMARTS) is 1. The number of ether oxygens (including phenoxy) is 1. The van der Waals surface area contributed by atoms with Crippen LogP contribution in [0.1, 0.15) is 46.5 Å². The minimum Gasteiger partial charge on any atom is -0.481 e. The number of carboxylic acids is 1. The van der Waals surface area contributed by atoms with E-state index in [1.165, 1.54) is 12.8 Å². The molecule has 1 N–H and O–H groups in total. The molecule has 3 fully saturated rings. The molecule has 0 aromatic rings. The van der Waals surface area contributed by atoms with Crippen molar-refractivity contribution in [2.75, 3.05) is 0 Å². The summed E-state index contributed by atoms with van der Waals surface area (Å²) >= 11 is 0. The van der Waals surface area contributed by atoms with E-state index in [0.29, 0.717) is 23.9 Å². The van der Waals surface area contributed by atoms with Crippen molar-refractivity contribution in [3.8, 4) is 0 Å². The van der Waals surface area contributed by atoms with Gasteiger partial charge in [0.15, 0.2) is 0 Å². The minimum absolute atomic E-state index is 0.0781. The molecule has 2 aliphatic carbocycles. The van der Waals surface area contributed by atoms with E-state index in [2.05, 4.69) is 13.8 Å². The summed E-state index contributed by atoms with van der Waals surface area (Å²) in [5.41, 5.74) is 0.0781. The number of epoxide rings is 1. The van der Waals surface area contributed by atoms with Gasteiger partial charge in [0.2, 0.25) is 0 Å². The smallest absolute Gasteiger partial charge is 0.306 e. The lowest BCUT2D eigenvalue weighted by Gasteiger charge is -2.45. The quantitative estimate of drug-likeness (QED) is 0.769. The maximum absolute atomic E-state index is 11.3. The highest BCUT2D eigenvalue weighted by molar-refractivity contribution is 5.70. The van der Waals surface area contributed by atoms with Crippen LogP contribution in [0.3, 0.4) is 0 Å². The molecule has 1 heterocycles. The van der Waals surface area contributed by atoms with Gasteiger partial charge < -0.3 is 9.84 Å². The zero-order valence-electron chi connectivity index (χ0n) is 11.6. The first-order valence-electron chi connectivity index (χ1n) is 7.34. The maximum atomic E-state index is 11.3. The van der Waals surface area contributed by atoms with Gasteiger partial charge in [-0.1, -0.05) is 20.3 Å². The van der Waals surface area contributed by atoms with Crippen LogP contribution in [0, 0.1) is 29.6 Å². The van der Waals surface area contributed by atoms with Gasteiger partial charge in [-0.2, -0.15) is 0 Å². The van der Waals surface area contributed by atoms with Crippen LogP contribution in [0.4, 0.5) is 0 Å². The second kappa shape index (κ2) is 3.96. The number of aliphatic carboxylic acids is 1. The van der Waals surface area contributed by atoms with E-state index in [-0.39, 0.29) is 11.5 Å². The van der Waals surface area contributed by atoms with E-state index in [1.807, 2.05) is 6.92 Å². The summed E-state index contributed by atoms with van der Waals surface area (Å²) < 4.78 is 5.95. The maximum Gasteiger partial charge on any atom is 0.306 e. The van der Waals surface area contributed by atoms with Gasteiger partial charge in [-0.25, -0.2) is 0 Å². The van der Waals surface area contributed by atoms with Crippen LogP contribution in [-0.4, -0.2) is 22.8 Å². The van der Waals surface area contributed by atoms with Gasteiger partial charge in [0.1, 0.15) is 0 Å². The van der Waals surface area contributed by atoms with E-state index >= 15 is 0 Å². The van der Waals surface area contributed by atoms with Crippen molar-refractivity contribution in [1.82, 2.24) is 0 Å². The Hall–Kier alpha value is -0.570. The molecule has 0 bridgehead atoms. The lowest BCUT2D eigenvalue weighted by molar-refractivity contribution is -0.145. The van der Waals surface area contributed by atoms with Gasteiger partial charge in [-0.15, -0.1) is 0 Å². The average Bonchev–Trinajstić information content (AvgIpc) is 3.01. The molecule has 0 aromatic heterocycles. The van der Waals surface area contributed by atoms with Crippen LogP contribution in [0.2, 0.25) is 0 Å². The summed E-state index contributed by atoms with van der Waals surface area (Å²) in [4.78, 5) is 11.3. The van der Waals surface area contributed by atoms with Crippen LogP contribution >= 0.6 is 0 Å². The van der Waals surface area contributed by atoms with Crippen molar-refractivity contribution in [2.24, 2.45) is 29.6 Å². The van der Waals surface area contributed by atoms with E-state index in [1.54, 1.807) is 0 Å². The minimum atomic E-state index is -0.638. The van der Waals surface area contributed by atoms with Gasteiger partial charge in [-0.05, 0) is 49.9 Å². The van der Waals surface area contributed by atoms with Crippen molar-refractivity contribution in [3.63, 3.8) is 0 Å². The topological polar surface area (TPSA) is 49.8 Å². The molecule has 3 rings (SSSR count). The molecular formula is C15H24O3. The Morgan fingerprint density at radius 3 is 2.78 bits per heavy atom. The lowest BCUT2D eigenvalue weighted by atomic mass is 9.57. The highest BCUT2D eigenvalue weighted by atomic mass is 16.6. The fourth-order valence-corrected chi connectivity index (χ4v) is 4.65. The third-order valence-corrected chi connectivity index (χ3v) is 5.97. The Labute approximate surface area is 109 Å². The summed E-state index contributed by atoms with van der Waals surface area (Å²) in [5, 5.41) is 9.31. The molecule has 1 aliphatic heterocycles. The van der Waals surface area contributed by atoms with Crippen molar-refractivity contribution in [2.45, 2.75) is 58.2 Å². The largest absolute Gasteiger partial charge is 0.481 e. The first kappa shape index (κ1) is 12.5. The van der Waals surface area contributed by atoms with Crippen LogP contribution in [0.5, 0.6) is 0 Å². The van der Waals surface area contributed by atoms with Crippen molar-refractivity contribution < 1.29 is 14.6 Å². The van der Waals surface area contributed by atoms with Gasteiger partial charge in [-0.3, -0.25) is 4.79 Å². The molecular weight excluding hydrogens is 228 g/mol. The van der Waals surface area contributed by atoms with Gasteiger partial charge in [0, 0.05) is 0 Å². The molecule has 3 heteroatoms. The summed E-state index contributed by atoms with van der Waals surface area (Å²) in [6, 6.07) is 0. The molecule has 0 aromatic carbocycles. The SMILES string of the molecule is C[C@@H]1CC[C@@H]([C@@H](C)C(=O)O)C2[C@H]1CC[C@@]1(C)O[C@@H]21. The Bertz CT molecular complexity index is 367. The average molecular weight is 252 g/mol. The number of hydrogen-bond acceptors (Lipinski definition) is 2. The number of fused-ring (bicyclic) bond motifs is 3. The standard InChI is InChI=1S/C15H24O3/c1-8-4-5-11(9(2)14(16)17)12-10(8)6-7-15(3)13(12)18-15/h8-13H,4-7H2,1-3H3,(H,16,17)/t8-,9-,10+,11+,12?,13+,15-/m1/s1. The zero-order valence-corrected chi connectivity index (χ0v) is 11.6. The number of rotatable bonds is 2. The second-order valence-electron chi connectivity index (χ2n) is 6.98. The summed E-state index contributed by atoms with van der Waals surface area (Å²) in [6.45, 7) is 6.42. The third-order valence-electron chi connectivity index (χ3n) is 5.97. The Morgan fingerprint density at radius 1 is 1.39 bits per heavy atom. The Morgan fingerprint density at radius 2 is 2.11 bits per heavy atom. The first-order valence-corrected chi connectivity index (χ1v) is 7.34. The van der Waals surface area contributed by atoms with Crippen molar-refractivity contribution >= 4 is 5.97 Å². The molecule has 3 aliphatic rings. The van der Waals surface area contributed by atoms with Crippen LogP contribution in [-0.2, 0) is 9.53 Å². The van der Waals surface area contributed by atoms with Gasteiger partial charge in [0.05, 0.1) is 17.6 Å². The highest BCUT2D eigenvalue weighted by Gasteiger charge is 2.64. The van der Waals surface area contributed by atoms with Crippen LogP contribution < -0.4 is 0 Å². The van der Waals surface area contributed by atoms with E-state index in [0.717, 1.165) is 18.8 Å². The molecule has 0 radical (unpaired) electrons. The summed E-state index contributed by atoms with van der Waals surface area (Å²) in [6.07, 6.45) is 4.98. The molecule has 0 amide bonds. The number of carbonyl (C=O) groups is 1. The van der Waals surface area contributed by atoms with E-state index < -0.39 is 5.97 Å². The molecule has 2 saturated carbocycles. The van der Waals surface area contributed by atoms with Crippen LogP contribution in [0.15, 0.2) is 0 Å². The second-order valence-corrected chi connectivity index (χ2v) is 6.98. The zero-order chi connectivity index (χ0) is 13.1. The molecule has 1 saturated heterocycles. The highest BCUT2D eigenvalue weighted by Crippen LogP contribution is 2.60. The summed E-state index contributed by atoms with van der Waals surface area (Å²) in [7, 11) is 0. The first-order chi connectivity index (χ1) is 8.44. The normalized spacial score (nSPS) is 52.1. The van der Waals surface area contributed by atoms with Crippen molar-refractivity contribution in [3.05, 3.63) is 0 Å². The van der Waals surface area contributed by atoms with Gasteiger partial charge in [0.25, 0.3) is 0 Å². The Balaban J connectivity index is 1.85. The fourth-order valence-electron chi connectivity index (χ4n) is 4.65. The van der Waals surface area contributed by atoms with Crippen LogP contribution in [0.25, 0.3) is 0 Å². The molecule has 3 nitrogen and oxygen atoms in total. The monoisotopic (exact) mass is 252 g/mol. The van der Waals surface area contributed by atoms with E-state index in [4.69, 9.17) is 4.74 Å². The molecule has 0 spiro atoms. The van der Waals surface area contributed by atoms with Crippen molar-refractivity contribution in [1.29, 1.82) is 0 Å². The number of hydrogen-bond donors (Lipinski definition) is 1. The Kier molecular flexibility index (Phi) is 2.74. The molecule has 102 valence electrons. The molecule has 18 heavy (non-hydrogen) atoms. The summed E-state index contributed by atoms with van der Waals surface area (Å²) in [5.74, 6) is 1.36.